The number of nitrogens with zero attached hydrogens (tertiary/aromatic N) is 4. The zero-order valence-electron chi connectivity index (χ0n) is 17.3. The summed E-state index contributed by atoms with van der Waals surface area (Å²) in [6.45, 7) is 7.59. The summed E-state index contributed by atoms with van der Waals surface area (Å²) in [6, 6.07) is -0.164. The predicted octanol–water partition coefficient (Wildman–Crippen LogP) is 2.53. The van der Waals surface area contributed by atoms with Gasteiger partial charge in [-0.3, -0.25) is 0 Å². The third kappa shape index (κ3) is 7.25. The van der Waals surface area contributed by atoms with E-state index in [1.165, 1.54) is 0 Å². The third-order valence-corrected chi connectivity index (χ3v) is 6.14. The quantitative estimate of drug-likeness (QED) is 0.301. The first-order chi connectivity index (χ1) is 13.5. The van der Waals surface area contributed by atoms with Crippen LogP contribution in [-0.4, -0.2) is 59.4 Å². The number of rotatable bonds is 7. The summed E-state index contributed by atoms with van der Waals surface area (Å²) in [5.74, 6) is 1.82. The average Bonchev–Trinajstić information content (AvgIpc) is 3.05. The van der Waals surface area contributed by atoms with Crippen LogP contribution in [0.4, 0.5) is 13.2 Å². The number of aromatic nitrogens is 2. The molecule has 1 aliphatic heterocycles. The van der Waals surface area contributed by atoms with E-state index >= 15 is 0 Å². The maximum Gasteiger partial charge on any atom is 0.511 e. The number of guanidine groups is 1. The van der Waals surface area contributed by atoms with E-state index in [1.807, 2.05) is 17.7 Å². The Morgan fingerprint density at radius 3 is 2.50 bits per heavy atom. The Morgan fingerprint density at radius 1 is 1.33 bits per heavy atom. The van der Waals surface area contributed by atoms with Gasteiger partial charge in [0.15, 0.2) is 5.96 Å². The van der Waals surface area contributed by atoms with Gasteiger partial charge >= 0.3 is 15.5 Å². The number of alkyl halides is 3. The van der Waals surface area contributed by atoms with Crippen molar-refractivity contribution in [2.24, 2.45) is 10.9 Å². The second-order valence-electron chi connectivity index (χ2n) is 7.35. The Balaban J connectivity index is 0.00000450. The van der Waals surface area contributed by atoms with Crippen molar-refractivity contribution in [3.63, 3.8) is 0 Å². The van der Waals surface area contributed by atoms with E-state index in [1.54, 1.807) is 6.20 Å². The highest BCUT2D eigenvalue weighted by Crippen LogP contribution is 2.28. The van der Waals surface area contributed by atoms with E-state index in [4.69, 9.17) is 0 Å². The van der Waals surface area contributed by atoms with Crippen LogP contribution in [0, 0.1) is 5.92 Å². The van der Waals surface area contributed by atoms with Crippen LogP contribution in [0.1, 0.15) is 39.4 Å². The van der Waals surface area contributed by atoms with Gasteiger partial charge in [-0.1, -0.05) is 13.8 Å². The van der Waals surface area contributed by atoms with Crippen LogP contribution >= 0.6 is 24.0 Å². The summed E-state index contributed by atoms with van der Waals surface area (Å²) >= 11 is 0. The number of hydrogen-bond donors (Lipinski definition) is 2. The summed E-state index contributed by atoms with van der Waals surface area (Å²) in [5, 5.41) is 6.30. The fraction of sp³-hybridized carbons (Fsp3) is 0.765. The number of sulfonamides is 1. The summed E-state index contributed by atoms with van der Waals surface area (Å²) in [5.41, 5.74) is -5.26. The molecule has 1 aliphatic rings. The molecule has 8 nitrogen and oxygen atoms in total. The molecule has 1 fully saturated rings. The normalized spacial score (nSPS) is 17.1. The second kappa shape index (κ2) is 11.5. The number of hydrogen-bond acceptors (Lipinski definition) is 4. The number of halogens is 4. The maximum absolute atomic E-state index is 12.7. The Bertz CT molecular complexity index is 790. The smallest absolute Gasteiger partial charge is 0.357 e. The van der Waals surface area contributed by atoms with Gasteiger partial charge in [0.1, 0.15) is 12.4 Å². The first-order valence-electron chi connectivity index (χ1n) is 9.65. The summed E-state index contributed by atoms with van der Waals surface area (Å²) in [7, 11) is -5.27. The van der Waals surface area contributed by atoms with Crippen molar-refractivity contribution in [2.75, 3.05) is 19.6 Å². The minimum absolute atomic E-state index is 0. The molecule has 0 saturated carbocycles. The van der Waals surface area contributed by atoms with Crippen LogP contribution in [0.25, 0.3) is 0 Å². The van der Waals surface area contributed by atoms with Crippen molar-refractivity contribution >= 4 is 40.0 Å². The zero-order chi connectivity index (χ0) is 21.7. The summed E-state index contributed by atoms with van der Waals surface area (Å²) < 4.78 is 63.6. The van der Waals surface area contributed by atoms with E-state index in [2.05, 4.69) is 34.5 Å². The van der Waals surface area contributed by atoms with Crippen LogP contribution in [0.5, 0.6) is 0 Å². The molecule has 0 amide bonds. The van der Waals surface area contributed by atoms with Gasteiger partial charge in [0.25, 0.3) is 0 Å². The van der Waals surface area contributed by atoms with Crippen molar-refractivity contribution in [1.82, 2.24) is 24.5 Å². The van der Waals surface area contributed by atoms with Gasteiger partial charge in [-0.15, -0.1) is 24.0 Å². The molecular formula is C17H30F3IN6O2S. The molecule has 0 spiro atoms. The van der Waals surface area contributed by atoms with Gasteiger partial charge in [-0.05, 0) is 25.7 Å². The topological polar surface area (TPSA) is 91.6 Å². The molecule has 2 rings (SSSR count). The van der Waals surface area contributed by atoms with E-state index in [0.717, 1.165) is 12.4 Å². The molecule has 13 heteroatoms. The average molecular weight is 566 g/mol. The zero-order valence-corrected chi connectivity index (χ0v) is 20.5. The van der Waals surface area contributed by atoms with Crippen LogP contribution in [0.3, 0.4) is 0 Å². The summed E-state index contributed by atoms with van der Waals surface area (Å²) in [4.78, 5) is 8.85. The van der Waals surface area contributed by atoms with Gasteiger partial charge < -0.3 is 15.2 Å². The first kappa shape index (κ1) is 26.9. The van der Waals surface area contributed by atoms with Crippen molar-refractivity contribution < 1.29 is 21.6 Å². The summed E-state index contributed by atoms with van der Waals surface area (Å²) in [6.07, 6.45) is 4.16. The van der Waals surface area contributed by atoms with Crippen LogP contribution in [0.15, 0.2) is 17.4 Å². The Labute approximate surface area is 192 Å². The number of piperidine rings is 1. The molecule has 1 saturated heterocycles. The molecule has 0 bridgehead atoms. The van der Waals surface area contributed by atoms with Crippen LogP contribution in [-0.2, 0) is 23.1 Å². The number of imidazole rings is 1. The maximum atomic E-state index is 12.7. The van der Waals surface area contributed by atoms with Gasteiger partial charge in [0.05, 0.1) is 0 Å². The molecule has 0 aliphatic carbocycles. The molecule has 2 heterocycles. The molecular weight excluding hydrogens is 536 g/mol. The van der Waals surface area contributed by atoms with Crippen molar-refractivity contribution in [2.45, 2.75) is 58.3 Å². The van der Waals surface area contributed by atoms with Gasteiger partial charge in [0.2, 0.25) is 0 Å². The molecule has 0 unspecified atom stereocenters. The Kier molecular flexibility index (Phi) is 10.3. The lowest BCUT2D eigenvalue weighted by molar-refractivity contribution is -0.0494. The highest BCUT2D eigenvalue weighted by Gasteiger charge is 2.50. The lowest BCUT2D eigenvalue weighted by atomic mass is 10.1. The second-order valence-corrected chi connectivity index (χ2v) is 9.28. The number of nitrogens with one attached hydrogen (secondary N) is 2. The molecule has 0 atom stereocenters. The lowest BCUT2D eigenvalue weighted by Gasteiger charge is -2.32. The lowest BCUT2D eigenvalue weighted by Crippen LogP contribution is -2.51. The fourth-order valence-corrected chi connectivity index (χ4v) is 4.09. The monoisotopic (exact) mass is 566 g/mol. The molecule has 1 aromatic rings. The van der Waals surface area contributed by atoms with Gasteiger partial charge in [0, 0.05) is 44.6 Å². The van der Waals surface area contributed by atoms with Crippen LogP contribution in [0.2, 0.25) is 0 Å². The molecule has 2 N–H and O–H groups in total. The van der Waals surface area contributed by atoms with E-state index < -0.39 is 15.5 Å². The third-order valence-electron chi connectivity index (χ3n) is 4.51. The van der Waals surface area contributed by atoms with Crippen molar-refractivity contribution in [3.05, 3.63) is 18.2 Å². The van der Waals surface area contributed by atoms with E-state index in [-0.39, 0.29) is 55.9 Å². The Hall–Kier alpha value is -1.09. The molecule has 1 aromatic heterocycles. The standard InChI is InChI=1S/C17H29F3N6O2S.HI/c1-4-21-16(23-11-15-22-7-10-25(15)12-13(2)3)24-14-5-8-26(9-6-14)29(27,28)17(18,19)20;/h7,10,13-14H,4-6,8-9,11-12H2,1-3H3,(H2,21,23,24);1H. The number of aliphatic imine (C=N–C) groups is 1. The largest absolute Gasteiger partial charge is 0.511 e. The molecule has 30 heavy (non-hydrogen) atoms. The fourth-order valence-electron chi connectivity index (χ4n) is 3.10. The highest BCUT2D eigenvalue weighted by molar-refractivity contribution is 14.0. The molecule has 174 valence electrons. The predicted molar refractivity (Wildman–Crippen MR) is 120 cm³/mol. The van der Waals surface area contributed by atoms with Crippen molar-refractivity contribution in [3.8, 4) is 0 Å². The van der Waals surface area contributed by atoms with Crippen molar-refractivity contribution in [1.29, 1.82) is 0 Å². The first-order valence-corrected chi connectivity index (χ1v) is 11.1. The molecule has 0 aromatic carbocycles. The highest BCUT2D eigenvalue weighted by atomic mass is 127. The SMILES string of the molecule is CCNC(=NCc1nccn1CC(C)C)NC1CCN(S(=O)(=O)C(F)(F)F)CC1.I. The van der Waals surface area contributed by atoms with Gasteiger partial charge in [-0.25, -0.2) is 18.4 Å². The van der Waals surface area contributed by atoms with E-state index in [0.29, 0.717) is 29.3 Å². The van der Waals surface area contributed by atoms with Crippen LogP contribution < -0.4 is 10.6 Å². The minimum Gasteiger partial charge on any atom is -0.357 e. The van der Waals surface area contributed by atoms with E-state index in [9.17, 15) is 21.6 Å². The Morgan fingerprint density at radius 2 is 1.97 bits per heavy atom. The molecule has 0 radical (unpaired) electrons. The minimum atomic E-state index is -5.27. The van der Waals surface area contributed by atoms with Gasteiger partial charge in [-0.2, -0.15) is 17.5 Å².